The van der Waals surface area contributed by atoms with Gasteiger partial charge in [0, 0.05) is 28.2 Å². The van der Waals surface area contributed by atoms with Crippen LogP contribution < -0.4 is 0 Å². The number of rotatable bonds is 3. The van der Waals surface area contributed by atoms with Crippen LogP contribution >= 0.6 is 27.3 Å². The summed E-state index contributed by atoms with van der Waals surface area (Å²) in [6, 6.07) is 5.72. The molecule has 0 aromatic carbocycles. The molecule has 2 nitrogen and oxygen atoms in total. The lowest BCUT2D eigenvalue weighted by molar-refractivity contribution is 0.179. The van der Waals surface area contributed by atoms with Gasteiger partial charge in [0.05, 0.1) is 6.10 Å². The minimum Gasteiger partial charge on any atom is -0.388 e. The lowest BCUT2D eigenvalue weighted by atomic mass is 10.1. The quantitative estimate of drug-likeness (QED) is 0.939. The van der Waals surface area contributed by atoms with Crippen LogP contribution in [0.25, 0.3) is 0 Å². The molecule has 0 aliphatic carbocycles. The maximum Gasteiger partial charge on any atom is 0.0853 e. The first-order valence-corrected chi connectivity index (χ1v) is 6.24. The van der Waals surface area contributed by atoms with Gasteiger partial charge in [-0.05, 0) is 39.0 Å². The van der Waals surface area contributed by atoms with Gasteiger partial charge < -0.3 is 5.11 Å². The number of aliphatic hydroxyl groups excluding tert-OH is 1. The highest BCUT2D eigenvalue weighted by Crippen LogP contribution is 2.27. The molecule has 0 spiro atoms. The Labute approximate surface area is 101 Å². The summed E-state index contributed by atoms with van der Waals surface area (Å²) in [6.07, 6.45) is 3.56. The summed E-state index contributed by atoms with van der Waals surface area (Å²) in [5.74, 6) is 0. The standard InChI is InChI=1S/C11H10BrNOS/c12-9-3-5-15-11(9)6-10(14)8-2-1-4-13-7-8/h1-5,7,10,14H,6H2. The van der Waals surface area contributed by atoms with Crippen LogP contribution in [0.2, 0.25) is 0 Å². The van der Waals surface area contributed by atoms with Crippen molar-refractivity contribution in [1.82, 2.24) is 4.98 Å². The molecule has 1 N–H and O–H groups in total. The van der Waals surface area contributed by atoms with E-state index in [0.29, 0.717) is 6.42 Å². The molecular formula is C11H10BrNOS. The number of aliphatic hydroxyl groups is 1. The second-order valence-electron chi connectivity index (χ2n) is 3.20. The normalized spacial score (nSPS) is 12.7. The van der Waals surface area contributed by atoms with Crippen LogP contribution in [0.3, 0.4) is 0 Å². The largest absolute Gasteiger partial charge is 0.388 e. The molecule has 0 aliphatic rings. The van der Waals surface area contributed by atoms with Crippen LogP contribution in [-0.4, -0.2) is 10.1 Å². The van der Waals surface area contributed by atoms with Gasteiger partial charge >= 0.3 is 0 Å². The van der Waals surface area contributed by atoms with Crippen LogP contribution in [0.5, 0.6) is 0 Å². The maximum absolute atomic E-state index is 9.96. The van der Waals surface area contributed by atoms with Crippen LogP contribution in [0.1, 0.15) is 16.5 Å². The zero-order valence-corrected chi connectivity index (χ0v) is 10.3. The van der Waals surface area contributed by atoms with E-state index >= 15 is 0 Å². The molecule has 15 heavy (non-hydrogen) atoms. The molecule has 0 bridgehead atoms. The lowest BCUT2D eigenvalue weighted by Gasteiger charge is -2.09. The van der Waals surface area contributed by atoms with Gasteiger partial charge in [0.1, 0.15) is 0 Å². The van der Waals surface area contributed by atoms with Crippen molar-refractivity contribution in [3.05, 3.63) is 50.9 Å². The minimum absolute atomic E-state index is 0.478. The summed E-state index contributed by atoms with van der Waals surface area (Å²) in [6.45, 7) is 0. The molecule has 0 radical (unpaired) electrons. The Morgan fingerprint density at radius 2 is 2.33 bits per heavy atom. The number of thiophene rings is 1. The summed E-state index contributed by atoms with van der Waals surface area (Å²) >= 11 is 5.10. The van der Waals surface area contributed by atoms with Crippen molar-refractivity contribution in [1.29, 1.82) is 0 Å². The predicted octanol–water partition coefficient (Wildman–Crippen LogP) is 3.18. The first-order valence-electron chi connectivity index (χ1n) is 4.57. The molecule has 0 fully saturated rings. The fraction of sp³-hybridized carbons (Fsp3) is 0.182. The van der Waals surface area contributed by atoms with E-state index in [-0.39, 0.29) is 0 Å². The Hall–Kier alpha value is -0.710. The fourth-order valence-corrected chi connectivity index (χ4v) is 2.89. The molecule has 2 aromatic rings. The SMILES string of the molecule is OC(Cc1sccc1Br)c1cccnc1. The summed E-state index contributed by atoms with van der Waals surface area (Å²) in [5, 5.41) is 12.0. The average molecular weight is 284 g/mol. The summed E-state index contributed by atoms with van der Waals surface area (Å²) < 4.78 is 1.07. The zero-order chi connectivity index (χ0) is 10.7. The highest BCUT2D eigenvalue weighted by Gasteiger charge is 2.11. The molecule has 2 heterocycles. The van der Waals surface area contributed by atoms with Gasteiger partial charge in [-0.1, -0.05) is 6.07 Å². The van der Waals surface area contributed by atoms with Crippen LogP contribution in [0.15, 0.2) is 40.4 Å². The number of halogens is 1. The third-order valence-corrected chi connectivity index (χ3v) is 4.09. The molecule has 0 saturated carbocycles. The van der Waals surface area contributed by atoms with E-state index in [1.807, 2.05) is 23.6 Å². The van der Waals surface area contributed by atoms with Gasteiger partial charge in [-0.2, -0.15) is 0 Å². The Bertz CT molecular complexity index is 429. The van der Waals surface area contributed by atoms with Crippen molar-refractivity contribution >= 4 is 27.3 Å². The Kier molecular flexibility index (Phi) is 3.51. The molecule has 4 heteroatoms. The number of nitrogens with zero attached hydrogens (tertiary/aromatic N) is 1. The van der Waals surface area contributed by atoms with Crippen molar-refractivity contribution in [3.8, 4) is 0 Å². The van der Waals surface area contributed by atoms with E-state index in [2.05, 4.69) is 20.9 Å². The predicted molar refractivity (Wildman–Crippen MR) is 64.9 cm³/mol. The second kappa shape index (κ2) is 4.88. The minimum atomic E-state index is -0.478. The van der Waals surface area contributed by atoms with E-state index in [0.717, 1.165) is 14.9 Å². The third kappa shape index (κ3) is 2.65. The van der Waals surface area contributed by atoms with E-state index < -0.39 is 6.10 Å². The monoisotopic (exact) mass is 283 g/mol. The molecule has 0 saturated heterocycles. The van der Waals surface area contributed by atoms with Crippen LogP contribution in [0.4, 0.5) is 0 Å². The van der Waals surface area contributed by atoms with Gasteiger partial charge in [-0.25, -0.2) is 0 Å². The van der Waals surface area contributed by atoms with Crippen molar-refractivity contribution in [2.75, 3.05) is 0 Å². The van der Waals surface area contributed by atoms with Gasteiger partial charge in [0.25, 0.3) is 0 Å². The second-order valence-corrected chi connectivity index (χ2v) is 5.05. The molecule has 2 rings (SSSR count). The lowest BCUT2D eigenvalue weighted by Crippen LogP contribution is -2.00. The number of aromatic nitrogens is 1. The molecule has 0 aliphatic heterocycles. The van der Waals surface area contributed by atoms with Crippen molar-refractivity contribution in [3.63, 3.8) is 0 Å². The molecule has 1 atom stereocenters. The number of hydrogen-bond donors (Lipinski definition) is 1. The van der Waals surface area contributed by atoms with Gasteiger partial charge in [0.15, 0.2) is 0 Å². The molecule has 78 valence electrons. The average Bonchev–Trinajstić information content (AvgIpc) is 2.66. The highest BCUT2D eigenvalue weighted by atomic mass is 79.9. The van der Waals surface area contributed by atoms with Crippen LogP contribution in [0, 0.1) is 0 Å². The summed E-state index contributed by atoms with van der Waals surface area (Å²) in [5.41, 5.74) is 0.859. The van der Waals surface area contributed by atoms with Gasteiger partial charge in [-0.3, -0.25) is 4.98 Å². The van der Waals surface area contributed by atoms with Gasteiger partial charge in [-0.15, -0.1) is 11.3 Å². The van der Waals surface area contributed by atoms with Crippen molar-refractivity contribution in [2.24, 2.45) is 0 Å². The Morgan fingerprint density at radius 3 is 2.93 bits per heavy atom. The van der Waals surface area contributed by atoms with Gasteiger partial charge in [0.2, 0.25) is 0 Å². The topological polar surface area (TPSA) is 33.1 Å². The Balaban J connectivity index is 2.11. The molecular weight excluding hydrogens is 274 g/mol. The fourth-order valence-electron chi connectivity index (χ4n) is 1.34. The molecule has 0 amide bonds. The maximum atomic E-state index is 9.96. The first kappa shape index (κ1) is 10.8. The Morgan fingerprint density at radius 1 is 1.47 bits per heavy atom. The number of pyridine rings is 1. The van der Waals surface area contributed by atoms with E-state index in [1.54, 1.807) is 23.7 Å². The van der Waals surface area contributed by atoms with E-state index in [4.69, 9.17) is 0 Å². The first-order chi connectivity index (χ1) is 7.27. The third-order valence-electron chi connectivity index (χ3n) is 2.14. The number of hydrogen-bond acceptors (Lipinski definition) is 3. The zero-order valence-electron chi connectivity index (χ0n) is 7.93. The van der Waals surface area contributed by atoms with Crippen LogP contribution in [-0.2, 0) is 6.42 Å². The summed E-state index contributed by atoms with van der Waals surface area (Å²) in [4.78, 5) is 5.15. The van der Waals surface area contributed by atoms with Crippen molar-refractivity contribution < 1.29 is 5.11 Å². The molecule has 2 aromatic heterocycles. The smallest absolute Gasteiger partial charge is 0.0853 e. The van der Waals surface area contributed by atoms with E-state index in [9.17, 15) is 5.11 Å². The van der Waals surface area contributed by atoms with E-state index in [1.165, 1.54) is 0 Å². The summed E-state index contributed by atoms with van der Waals surface area (Å²) in [7, 11) is 0. The highest BCUT2D eigenvalue weighted by molar-refractivity contribution is 9.10. The van der Waals surface area contributed by atoms with Crippen molar-refractivity contribution in [2.45, 2.75) is 12.5 Å². The molecule has 1 unspecified atom stereocenters.